The van der Waals surface area contributed by atoms with Crippen molar-refractivity contribution < 1.29 is 24.3 Å². The number of hydrogen-bond donors (Lipinski definition) is 3. The highest BCUT2D eigenvalue weighted by molar-refractivity contribution is 6.35. The fourth-order valence-electron chi connectivity index (χ4n) is 5.72. The van der Waals surface area contributed by atoms with E-state index in [1.54, 1.807) is 43.3 Å². The molecule has 5 rings (SSSR count). The van der Waals surface area contributed by atoms with Gasteiger partial charge >= 0.3 is 5.97 Å². The number of aliphatic carboxylic acids is 1. The van der Waals surface area contributed by atoms with E-state index in [9.17, 15) is 29.5 Å². The lowest BCUT2D eigenvalue weighted by Crippen LogP contribution is -2.48. The molecule has 13 heteroatoms. The summed E-state index contributed by atoms with van der Waals surface area (Å²) in [5.41, 5.74) is 0.308. The number of carboxylic acid groups (broad SMARTS) is 1. The zero-order valence-corrected chi connectivity index (χ0v) is 24.8. The predicted molar refractivity (Wildman–Crippen MR) is 158 cm³/mol. The molecule has 0 spiro atoms. The Labute approximate surface area is 257 Å². The molecule has 4 atom stereocenters. The average Bonchev–Trinajstić information content (AvgIpc) is 3.65. The molecule has 1 fully saturated rings. The molecule has 222 valence electrons. The highest BCUT2D eigenvalue weighted by Crippen LogP contribution is 2.43. The van der Waals surface area contributed by atoms with Crippen molar-refractivity contribution in [2.45, 2.75) is 57.2 Å². The second-order valence-electron chi connectivity index (χ2n) is 11.1. The molecular weight excluding hydrogens is 595 g/mol. The predicted octanol–water partition coefficient (Wildman–Crippen LogP) is 4.19. The molecule has 43 heavy (non-hydrogen) atoms. The number of anilines is 2. The number of hydrogen-bond acceptors (Lipinski definition) is 6. The van der Waals surface area contributed by atoms with Gasteiger partial charge in [0.2, 0.25) is 11.9 Å². The molecule has 1 aliphatic heterocycles. The minimum Gasteiger partial charge on any atom is -0.481 e. The van der Waals surface area contributed by atoms with Gasteiger partial charge in [-0.25, -0.2) is 9.88 Å². The zero-order chi connectivity index (χ0) is 31.1. The van der Waals surface area contributed by atoms with Crippen molar-refractivity contribution in [3.63, 3.8) is 0 Å². The Bertz CT molecular complexity index is 1650. The first-order valence-electron chi connectivity index (χ1n) is 13.6. The number of carbonyl (C=O) groups excluding carboxylic acids is 3. The molecule has 0 bridgehead atoms. The lowest BCUT2D eigenvalue weighted by Gasteiger charge is -2.27. The van der Waals surface area contributed by atoms with Gasteiger partial charge in [0.15, 0.2) is 0 Å². The van der Waals surface area contributed by atoms with Crippen LogP contribution in [0.15, 0.2) is 48.7 Å². The zero-order valence-electron chi connectivity index (χ0n) is 23.3. The molecule has 2 heterocycles. The maximum absolute atomic E-state index is 14.2. The van der Waals surface area contributed by atoms with Crippen molar-refractivity contribution in [1.82, 2.24) is 20.2 Å². The van der Waals surface area contributed by atoms with Gasteiger partial charge in [0, 0.05) is 22.5 Å². The number of fused-ring (bicyclic) bond motifs is 1. The molecule has 3 aromatic rings. The summed E-state index contributed by atoms with van der Waals surface area (Å²) >= 11 is 12.5. The molecule has 3 amide bonds. The third-order valence-electron chi connectivity index (χ3n) is 7.94. The summed E-state index contributed by atoms with van der Waals surface area (Å²) in [6.07, 6.45) is 2.85. The number of aromatic nitrogens is 2. The van der Waals surface area contributed by atoms with Crippen molar-refractivity contribution in [3.05, 3.63) is 75.5 Å². The van der Waals surface area contributed by atoms with E-state index in [1.807, 2.05) is 0 Å². The summed E-state index contributed by atoms with van der Waals surface area (Å²) in [6, 6.07) is 12.3. The first-order valence-corrected chi connectivity index (χ1v) is 14.4. The van der Waals surface area contributed by atoms with Gasteiger partial charge in [-0.05, 0) is 69.0 Å². The van der Waals surface area contributed by atoms with Crippen LogP contribution in [0.4, 0.5) is 11.6 Å². The Morgan fingerprint density at radius 1 is 1.16 bits per heavy atom. The molecule has 1 aliphatic carbocycles. The van der Waals surface area contributed by atoms with E-state index in [1.165, 1.54) is 28.7 Å². The van der Waals surface area contributed by atoms with E-state index in [2.05, 4.69) is 21.7 Å². The molecule has 2 aliphatic rings. The molecule has 0 saturated heterocycles. The molecule has 3 N–H and O–H groups in total. The van der Waals surface area contributed by atoms with Gasteiger partial charge in [0.05, 0.1) is 29.4 Å². The van der Waals surface area contributed by atoms with Gasteiger partial charge < -0.3 is 15.7 Å². The SMILES string of the molecule is C[C@H](NC(=O)c1cnc2n1[C@](C)(Cc1ccc(C#N)cc1)C(=O)N2c1cc(Cl)cc(Cl)c1)C(=O)N[C@@H]1CC[C@@H](C(=O)O)C1. The average molecular weight is 623 g/mol. The summed E-state index contributed by atoms with van der Waals surface area (Å²) in [4.78, 5) is 57.7. The number of amides is 3. The Balaban J connectivity index is 1.45. The molecular formula is C30H28Cl2N6O5. The minimum absolute atomic E-state index is 0.0570. The molecule has 2 aromatic carbocycles. The van der Waals surface area contributed by atoms with Gasteiger partial charge in [0.1, 0.15) is 17.3 Å². The van der Waals surface area contributed by atoms with E-state index >= 15 is 0 Å². The number of nitriles is 1. The van der Waals surface area contributed by atoms with Crippen molar-refractivity contribution in [1.29, 1.82) is 5.26 Å². The number of rotatable bonds is 8. The van der Waals surface area contributed by atoms with Crippen molar-refractivity contribution >= 4 is 58.5 Å². The second kappa shape index (κ2) is 11.7. The largest absolute Gasteiger partial charge is 0.481 e. The Kier molecular flexibility index (Phi) is 8.18. The summed E-state index contributed by atoms with van der Waals surface area (Å²) in [5.74, 6) is -2.67. The normalized spacial score (nSPS) is 21.7. The van der Waals surface area contributed by atoms with Crippen LogP contribution in [0.3, 0.4) is 0 Å². The highest BCUT2D eigenvalue weighted by atomic mass is 35.5. The van der Waals surface area contributed by atoms with Crippen LogP contribution in [-0.2, 0) is 26.3 Å². The Morgan fingerprint density at radius 2 is 1.84 bits per heavy atom. The van der Waals surface area contributed by atoms with Crippen LogP contribution in [-0.4, -0.2) is 50.4 Å². The van der Waals surface area contributed by atoms with Gasteiger partial charge in [-0.2, -0.15) is 5.26 Å². The van der Waals surface area contributed by atoms with Crippen LogP contribution in [0.25, 0.3) is 0 Å². The quantitative estimate of drug-likeness (QED) is 0.340. The number of halogens is 2. The lowest BCUT2D eigenvalue weighted by atomic mass is 9.91. The van der Waals surface area contributed by atoms with E-state index in [4.69, 9.17) is 23.2 Å². The standard InChI is InChI=1S/C30H28Cl2N6O5/c1-16(25(39)36-22-8-7-19(9-22)27(41)42)35-26(40)24-15-34-29-37(23-11-20(31)10-21(32)12-23)28(43)30(2,38(24)29)13-17-3-5-18(14-33)6-4-17/h3-6,10-12,15-16,19,22H,7-9,13H2,1-2H3,(H,35,40)(H,36,39)(H,41,42)/t16-,19+,22+,30+/m0/s1. The van der Waals surface area contributed by atoms with Crippen molar-refractivity contribution in [3.8, 4) is 6.07 Å². The summed E-state index contributed by atoms with van der Waals surface area (Å²) in [6.45, 7) is 3.22. The van der Waals surface area contributed by atoms with E-state index in [0.717, 1.165) is 5.56 Å². The van der Waals surface area contributed by atoms with E-state index < -0.39 is 35.3 Å². The molecule has 1 saturated carbocycles. The first-order chi connectivity index (χ1) is 20.4. The van der Waals surface area contributed by atoms with Crippen LogP contribution in [0, 0.1) is 17.2 Å². The second-order valence-corrected chi connectivity index (χ2v) is 11.9. The topological polar surface area (TPSA) is 157 Å². The Hall–Kier alpha value is -4.40. The maximum Gasteiger partial charge on any atom is 0.306 e. The molecule has 0 radical (unpaired) electrons. The van der Waals surface area contributed by atoms with Crippen LogP contribution in [0.2, 0.25) is 10.0 Å². The fraction of sp³-hybridized carbons (Fsp3) is 0.333. The minimum atomic E-state index is -1.33. The van der Waals surface area contributed by atoms with Crippen molar-refractivity contribution in [2.75, 3.05) is 4.90 Å². The van der Waals surface area contributed by atoms with Crippen LogP contribution >= 0.6 is 23.2 Å². The first kappa shape index (κ1) is 30.1. The number of nitrogens with one attached hydrogen (secondary N) is 2. The van der Waals surface area contributed by atoms with E-state index in [0.29, 0.717) is 40.6 Å². The summed E-state index contributed by atoms with van der Waals surface area (Å²) < 4.78 is 1.54. The van der Waals surface area contributed by atoms with Crippen LogP contribution in [0.1, 0.15) is 54.7 Å². The number of nitrogens with zero attached hydrogens (tertiary/aromatic N) is 4. The highest BCUT2D eigenvalue weighted by Gasteiger charge is 2.51. The van der Waals surface area contributed by atoms with Gasteiger partial charge in [-0.3, -0.25) is 23.7 Å². The monoisotopic (exact) mass is 622 g/mol. The fourth-order valence-corrected chi connectivity index (χ4v) is 6.24. The van der Waals surface area contributed by atoms with E-state index in [-0.39, 0.29) is 30.0 Å². The Morgan fingerprint density at radius 3 is 2.44 bits per heavy atom. The molecule has 11 nitrogen and oxygen atoms in total. The lowest BCUT2D eigenvalue weighted by molar-refractivity contribution is -0.141. The third kappa shape index (κ3) is 5.81. The number of carbonyl (C=O) groups is 4. The number of imidazole rings is 1. The number of benzene rings is 2. The van der Waals surface area contributed by atoms with Crippen molar-refractivity contribution in [2.24, 2.45) is 5.92 Å². The third-order valence-corrected chi connectivity index (χ3v) is 8.38. The molecule has 1 aromatic heterocycles. The summed E-state index contributed by atoms with van der Waals surface area (Å²) in [7, 11) is 0. The molecule has 0 unspecified atom stereocenters. The summed E-state index contributed by atoms with van der Waals surface area (Å²) in [5, 5.41) is 24.6. The van der Waals surface area contributed by atoms with Crippen LogP contribution < -0.4 is 15.5 Å². The van der Waals surface area contributed by atoms with Gasteiger partial charge in [0.25, 0.3) is 11.8 Å². The van der Waals surface area contributed by atoms with Gasteiger partial charge in [-0.15, -0.1) is 0 Å². The number of carboxylic acids is 1. The van der Waals surface area contributed by atoms with Crippen LogP contribution in [0.5, 0.6) is 0 Å². The maximum atomic E-state index is 14.2. The van der Waals surface area contributed by atoms with Gasteiger partial charge in [-0.1, -0.05) is 35.3 Å². The smallest absolute Gasteiger partial charge is 0.306 e.